The van der Waals surface area contributed by atoms with Gasteiger partial charge in [-0.15, -0.1) is 0 Å². The average Bonchev–Trinajstić information content (AvgIpc) is 2.62. The first-order valence-electron chi connectivity index (χ1n) is 4.75. The highest BCUT2D eigenvalue weighted by molar-refractivity contribution is 6.71. The molecule has 0 aliphatic heterocycles. The zero-order valence-corrected chi connectivity index (χ0v) is 10.7. The van der Waals surface area contributed by atoms with Gasteiger partial charge in [0.15, 0.2) is 0 Å². The second kappa shape index (κ2) is 4.52. The summed E-state index contributed by atoms with van der Waals surface area (Å²) in [6, 6.07) is 2.78. The van der Waals surface area contributed by atoms with Gasteiger partial charge in [-0.3, -0.25) is 0 Å². The summed E-state index contributed by atoms with van der Waals surface area (Å²) >= 11 is 0. The lowest BCUT2D eigenvalue weighted by atomic mass is 10.4. The molecule has 0 N–H and O–H groups in total. The fraction of sp³-hybridized carbons (Fsp3) is 0.400. The molecule has 1 aromatic heterocycles. The van der Waals surface area contributed by atoms with Crippen LogP contribution in [0.4, 0.5) is 0 Å². The molecule has 0 saturated carbocycles. The highest BCUT2D eigenvalue weighted by Gasteiger charge is 2.24. The normalized spacial score (nSPS) is 11.0. The summed E-state index contributed by atoms with van der Waals surface area (Å²) in [6.07, 6.45) is 0. The topological polar surface area (TPSA) is 65.7 Å². The van der Waals surface area contributed by atoms with E-state index in [0.29, 0.717) is 0 Å². The Morgan fingerprint density at radius 1 is 1.12 bits per heavy atom. The number of esters is 1. The summed E-state index contributed by atoms with van der Waals surface area (Å²) in [6.45, 7) is 5.65. The Balaban J connectivity index is 2.78. The lowest BCUT2D eigenvalue weighted by Crippen LogP contribution is -2.28. The van der Waals surface area contributed by atoms with E-state index in [1.54, 1.807) is 0 Å². The van der Waals surface area contributed by atoms with Gasteiger partial charge in [0.2, 0.25) is 19.8 Å². The Hall–Kier alpha value is -1.56. The molecule has 1 aromatic rings. The van der Waals surface area contributed by atoms with Crippen molar-refractivity contribution in [1.82, 2.24) is 0 Å². The molecule has 0 radical (unpaired) electrons. The maximum atomic E-state index is 11.6. The van der Waals surface area contributed by atoms with Crippen LogP contribution in [0.25, 0.3) is 0 Å². The minimum atomic E-state index is -1.96. The molecule has 0 atom stereocenters. The van der Waals surface area contributed by atoms with E-state index in [1.165, 1.54) is 19.2 Å². The average molecular weight is 242 g/mol. The maximum Gasteiger partial charge on any atom is 0.373 e. The molecule has 6 heteroatoms. The standard InChI is InChI=1S/C10H14O5Si/c1-13-9(11)7-5-6-8(14-7)10(12)15-16(2,3)4/h5-6H,1-4H3. The lowest BCUT2D eigenvalue weighted by Gasteiger charge is -2.15. The molecule has 1 rings (SSSR count). The Morgan fingerprint density at radius 3 is 2.06 bits per heavy atom. The molecule has 16 heavy (non-hydrogen) atoms. The molecular weight excluding hydrogens is 228 g/mol. The van der Waals surface area contributed by atoms with Gasteiger partial charge in [-0.25, -0.2) is 9.59 Å². The summed E-state index contributed by atoms with van der Waals surface area (Å²) in [5.74, 6) is -1.16. The summed E-state index contributed by atoms with van der Waals surface area (Å²) in [5, 5.41) is 0. The molecule has 0 saturated heterocycles. The first kappa shape index (κ1) is 12.5. The van der Waals surface area contributed by atoms with Crippen LogP contribution in [-0.4, -0.2) is 27.4 Å². The smallest absolute Gasteiger partial charge is 0.373 e. The molecular formula is C10H14O5Si. The van der Waals surface area contributed by atoms with Gasteiger partial charge < -0.3 is 13.6 Å². The third-order valence-corrected chi connectivity index (χ3v) is 2.39. The van der Waals surface area contributed by atoms with Crippen molar-refractivity contribution in [2.24, 2.45) is 0 Å². The van der Waals surface area contributed by atoms with Crippen LogP contribution < -0.4 is 0 Å². The Bertz CT molecular complexity index is 402. The van der Waals surface area contributed by atoms with Crippen molar-refractivity contribution in [1.29, 1.82) is 0 Å². The van der Waals surface area contributed by atoms with Crippen LogP contribution in [0.1, 0.15) is 21.1 Å². The third kappa shape index (κ3) is 3.23. The SMILES string of the molecule is COC(=O)c1ccc(C(=O)O[Si](C)(C)C)o1. The first-order valence-corrected chi connectivity index (χ1v) is 8.16. The fourth-order valence-corrected chi connectivity index (χ4v) is 1.64. The van der Waals surface area contributed by atoms with E-state index in [1.807, 2.05) is 19.6 Å². The summed E-state index contributed by atoms with van der Waals surface area (Å²) < 4.78 is 14.7. The molecule has 5 nitrogen and oxygen atoms in total. The van der Waals surface area contributed by atoms with Crippen molar-refractivity contribution in [2.75, 3.05) is 7.11 Å². The van der Waals surface area contributed by atoms with Gasteiger partial charge in [-0.1, -0.05) is 0 Å². The van der Waals surface area contributed by atoms with Gasteiger partial charge in [0.05, 0.1) is 7.11 Å². The Labute approximate surface area is 94.5 Å². The quantitative estimate of drug-likeness (QED) is 0.599. The predicted molar refractivity (Wildman–Crippen MR) is 58.8 cm³/mol. The highest BCUT2D eigenvalue weighted by Crippen LogP contribution is 2.13. The van der Waals surface area contributed by atoms with Gasteiger partial charge in [0.25, 0.3) is 0 Å². The van der Waals surface area contributed by atoms with Gasteiger partial charge in [-0.05, 0) is 31.8 Å². The molecule has 0 bridgehead atoms. The zero-order chi connectivity index (χ0) is 12.3. The molecule has 0 amide bonds. The molecule has 0 unspecified atom stereocenters. The number of methoxy groups -OCH3 is 1. The molecule has 0 aliphatic carbocycles. The number of hydrogen-bond acceptors (Lipinski definition) is 5. The number of carbonyl (C=O) groups is 2. The van der Waals surface area contributed by atoms with Crippen molar-refractivity contribution >= 4 is 20.3 Å². The van der Waals surface area contributed by atoms with Crippen molar-refractivity contribution in [3.05, 3.63) is 23.7 Å². The molecule has 0 fully saturated rings. The minimum absolute atomic E-state index is 0.00924. The Kier molecular flexibility index (Phi) is 3.54. The second-order valence-electron chi connectivity index (χ2n) is 4.16. The molecule has 0 aromatic carbocycles. The highest BCUT2D eigenvalue weighted by atomic mass is 28.4. The fourth-order valence-electron chi connectivity index (χ4n) is 0.986. The van der Waals surface area contributed by atoms with Gasteiger partial charge >= 0.3 is 11.9 Å². The lowest BCUT2D eigenvalue weighted by molar-refractivity contribution is 0.0557. The predicted octanol–water partition coefficient (Wildman–Crippen LogP) is 2.06. The van der Waals surface area contributed by atoms with Crippen LogP contribution >= 0.6 is 0 Å². The van der Waals surface area contributed by atoms with Gasteiger partial charge in [0, 0.05) is 0 Å². The number of hydrogen-bond donors (Lipinski definition) is 0. The van der Waals surface area contributed by atoms with Crippen molar-refractivity contribution in [3.63, 3.8) is 0 Å². The van der Waals surface area contributed by atoms with E-state index < -0.39 is 20.3 Å². The monoisotopic (exact) mass is 242 g/mol. The largest absolute Gasteiger partial charge is 0.514 e. The van der Waals surface area contributed by atoms with Crippen LogP contribution in [0.5, 0.6) is 0 Å². The van der Waals surface area contributed by atoms with Crippen molar-refractivity contribution in [2.45, 2.75) is 19.6 Å². The van der Waals surface area contributed by atoms with Crippen LogP contribution in [0, 0.1) is 0 Å². The Morgan fingerprint density at radius 2 is 1.62 bits per heavy atom. The minimum Gasteiger partial charge on any atom is -0.514 e. The first-order chi connectivity index (χ1) is 7.33. The number of furan rings is 1. The summed E-state index contributed by atoms with van der Waals surface area (Å²) in [4.78, 5) is 22.6. The zero-order valence-electron chi connectivity index (χ0n) is 9.70. The molecule has 0 aliphatic rings. The van der Waals surface area contributed by atoms with E-state index in [-0.39, 0.29) is 11.5 Å². The van der Waals surface area contributed by atoms with E-state index in [4.69, 9.17) is 8.84 Å². The van der Waals surface area contributed by atoms with Gasteiger partial charge in [-0.2, -0.15) is 0 Å². The van der Waals surface area contributed by atoms with Gasteiger partial charge in [0.1, 0.15) is 0 Å². The second-order valence-corrected chi connectivity index (χ2v) is 8.59. The number of carbonyl (C=O) groups excluding carboxylic acids is 2. The molecule has 1 heterocycles. The van der Waals surface area contributed by atoms with E-state index in [0.717, 1.165) is 0 Å². The van der Waals surface area contributed by atoms with Crippen LogP contribution in [0.2, 0.25) is 19.6 Å². The number of ether oxygens (including phenoxy) is 1. The molecule has 0 spiro atoms. The van der Waals surface area contributed by atoms with E-state index in [2.05, 4.69) is 4.74 Å². The summed E-state index contributed by atoms with van der Waals surface area (Å²) in [5.41, 5.74) is 0. The maximum absolute atomic E-state index is 11.6. The van der Waals surface area contributed by atoms with Crippen LogP contribution in [-0.2, 0) is 9.16 Å². The third-order valence-electron chi connectivity index (χ3n) is 1.59. The van der Waals surface area contributed by atoms with Crippen molar-refractivity contribution < 1.29 is 23.2 Å². The number of rotatable bonds is 3. The van der Waals surface area contributed by atoms with Crippen LogP contribution in [0.3, 0.4) is 0 Å². The van der Waals surface area contributed by atoms with Crippen molar-refractivity contribution in [3.8, 4) is 0 Å². The molecule has 88 valence electrons. The van der Waals surface area contributed by atoms with E-state index in [9.17, 15) is 9.59 Å². The van der Waals surface area contributed by atoms with E-state index >= 15 is 0 Å². The summed E-state index contributed by atoms with van der Waals surface area (Å²) in [7, 11) is -0.714. The van der Waals surface area contributed by atoms with Crippen LogP contribution in [0.15, 0.2) is 16.5 Å².